The van der Waals surface area contributed by atoms with Gasteiger partial charge in [0.05, 0.1) is 11.3 Å². The molecule has 0 saturated carbocycles. The number of allylic oxidation sites excluding steroid dienone is 1. The Morgan fingerprint density at radius 1 is 1.26 bits per heavy atom. The van der Waals surface area contributed by atoms with E-state index in [4.69, 9.17) is 4.55 Å². The van der Waals surface area contributed by atoms with E-state index in [0.29, 0.717) is 25.1 Å². The van der Waals surface area contributed by atoms with Crippen molar-refractivity contribution < 1.29 is 13.6 Å². The van der Waals surface area contributed by atoms with Crippen molar-refractivity contribution in [2.24, 2.45) is 0 Å². The van der Waals surface area contributed by atoms with Crippen molar-refractivity contribution in [3.63, 3.8) is 0 Å². The van der Waals surface area contributed by atoms with Crippen LogP contribution in [0.5, 0.6) is 0 Å². The molecule has 0 bridgehead atoms. The van der Waals surface area contributed by atoms with Gasteiger partial charge in [-0.15, -0.1) is 0 Å². The van der Waals surface area contributed by atoms with Gasteiger partial charge in [-0.3, -0.25) is 14.1 Å². The Kier molecular flexibility index (Phi) is 6.05. The summed E-state index contributed by atoms with van der Waals surface area (Å²) in [5.41, 5.74) is 4.36. The van der Waals surface area contributed by atoms with Crippen LogP contribution in [-0.4, -0.2) is 63.8 Å². The average molecular weight is 484 g/mol. The third kappa shape index (κ3) is 3.95. The molecule has 5 aliphatic rings. The Labute approximate surface area is 200 Å². The maximum absolute atomic E-state index is 13.2. The summed E-state index contributed by atoms with van der Waals surface area (Å²) in [6.45, 7) is 4.15. The average Bonchev–Trinajstić information content (AvgIpc) is 3.02. The molecule has 0 aromatic carbocycles. The molecule has 1 fully saturated rings. The molecular formula is C24H29N5O4S. The maximum atomic E-state index is 13.2. The highest BCUT2D eigenvalue weighted by molar-refractivity contribution is 7.77. The molecule has 1 aliphatic carbocycles. The number of nitrogens with one attached hydrogen (secondary N) is 2. The third-order valence-corrected chi connectivity index (χ3v) is 7.57. The van der Waals surface area contributed by atoms with Gasteiger partial charge >= 0.3 is 0 Å². The number of fused-ring (bicyclic) bond motifs is 2. The number of anilines is 2. The summed E-state index contributed by atoms with van der Waals surface area (Å²) >= 11 is -2.07. The van der Waals surface area contributed by atoms with Crippen molar-refractivity contribution in [3.05, 3.63) is 45.3 Å². The predicted molar refractivity (Wildman–Crippen MR) is 134 cm³/mol. The minimum atomic E-state index is -2.07. The van der Waals surface area contributed by atoms with Crippen LogP contribution in [0.3, 0.4) is 0 Å². The van der Waals surface area contributed by atoms with Crippen LogP contribution >= 0.6 is 0 Å². The number of hydrogen-bond donors (Lipinski definition) is 3. The zero-order chi connectivity index (χ0) is 24.0. The molecule has 34 heavy (non-hydrogen) atoms. The second-order valence-electron chi connectivity index (χ2n) is 9.04. The zero-order valence-electron chi connectivity index (χ0n) is 19.3. The Hall–Kier alpha value is -2.95. The van der Waals surface area contributed by atoms with Crippen LogP contribution in [-0.2, 0) is 16.1 Å². The lowest BCUT2D eigenvalue weighted by molar-refractivity contribution is -0.129. The number of rotatable bonds is 5. The molecule has 4 heterocycles. The van der Waals surface area contributed by atoms with Gasteiger partial charge in [0.2, 0.25) is 17.2 Å². The highest BCUT2D eigenvalue weighted by Gasteiger charge is 2.32. The molecule has 1 amide bonds. The van der Waals surface area contributed by atoms with Crippen molar-refractivity contribution in [3.8, 4) is 11.1 Å². The van der Waals surface area contributed by atoms with Gasteiger partial charge in [-0.1, -0.05) is 6.07 Å². The van der Waals surface area contributed by atoms with Crippen molar-refractivity contribution in [2.75, 3.05) is 43.0 Å². The second-order valence-corrected chi connectivity index (χ2v) is 9.82. The summed E-state index contributed by atoms with van der Waals surface area (Å²) in [6, 6.07) is 4.46. The van der Waals surface area contributed by atoms with E-state index in [9.17, 15) is 13.8 Å². The summed E-state index contributed by atoms with van der Waals surface area (Å²) in [5, 5.41) is 1.80. The molecule has 1 saturated heterocycles. The molecule has 1 unspecified atom stereocenters. The first kappa shape index (κ1) is 22.8. The zero-order valence-corrected chi connectivity index (χ0v) is 20.2. The normalized spacial score (nSPS) is 18.8. The van der Waals surface area contributed by atoms with Gasteiger partial charge < -0.3 is 19.7 Å². The van der Waals surface area contributed by atoms with Crippen LogP contribution in [0.2, 0.25) is 0 Å². The van der Waals surface area contributed by atoms with Crippen molar-refractivity contribution in [1.29, 1.82) is 0 Å². The van der Waals surface area contributed by atoms with E-state index in [0.717, 1.165) is 59.0 Å². The number of H-pyrrole nitrogens is 1. The number of hydrogen-bond acceptors (Lipinski definition) is 5. The Morgan fingerprint density at radius 3 is 2.74 bits per heavy atom. The number of carbonyl (C=O) groups is 1. The number of piperidine rings is 1. The number of aromatic nitrogens is 1. The summed E-state index contributed by atoms with van der Waals surface area (Å²) in [5.74, 6) is 0.117. The monoisotopic (exact) mass is 483 g/mol. The summed E-state index contributed by atoms with van der Waals surface area (Å²) < 4.78 is 22.6. The lowest BCUT2D eigenvalue weighted by atomic mass is 9.97. The standard InChI is InChI=1S/C24H29N5O4S/c1-15(30)28-12-7-17(8-13-28)29-14-9-19-21-20(29)4-3-18-16(5-10-25-34(32)33)6-11-27(2)23(18)22(21)24(31)26-19/h3-4,6,9,11,17,25H,5,7-8,10,12-14H2,1-2H3,(H,26,31)(H,32,33). The number of nitrogens with zero attached hydrogens (tertiary/aromatic N) is 3. The van der Waals surface area contributed by atoms with Crippen LogP contribution in [0.25, 0.3) is 22.8 Å². The van der Waals surface area contributed by atoms with Crippen LogP contribution < -0.4 is 30.6 Å². The highest BCUT2D eigenvalue weighted by Crippen LogP contribution is 2.36. The van der Waals surface area contributed by atoms with Gasteiger partial charge in [0.1, 0.15) is 0 Å². The van der Waals surface area contributed by atoms with Gasteiger partial charge in [-0.2, -0.15) is 0 Å². The first-order valence-corrected chi connectivity index (χ1v) is 12.7. The van der Waals surface area contributed by atoms with Crippen LogP contribution in [0.4, 0.5) is 11.4 Å². The largest absolute Gasteiger partial charge is 0.364 e. The van der Waals surface area contributed by atoms with Gasteiger partial charge in [0.25, 0.3) is 5.56 Å². The van der Waals surface area contributed by atoms with E-state index in [1.165, 1.54) is 0 Å². The molecular weight excluding hydrogens is 454 g/mol. The van der Waals surface area contributed by atoms with Crippen molar-refractivity contribution in [2.45, 2.75) is 32.2 Å². The lowest BCUT2D eigenvalue weighted by Gasteiger charge is -2.40. The molecule has 0 radical (unpaired) electrons. The Bertz CT molecular complexity index is 1340. The van der Waals surface area contributed by atoms with Gasteiger partial charge in [0, 0.05) is 74.2 Å². The van der Waals surface area contributed by atoms with Gasteiger partial charge in [-0.25, -0.2) is 8.93 Å². The Morgan fingerprint density at radius 2 is 2.03 bits per heavy atom. The van der Waals surface area contributed by atoms with E-state index in [2.05, 4.69) is 32.8 Å². The fourth-order valence-corrected chi connectivity index (χ4v) is 5.72. The first-order chi connectivity index (χ1) is 16.3. The van der Waals surface area contributed by atoms with Crippen LogP contribution in [0.15, 0.2) is 29.2 Å². The van der Waals surface area contributed by atoms with Crippen molar-refractivity contribution >= 4 is 40.2 Å². The molecule has 0 aromatic rings. The second kappa shape index (κ2) is 9.01. The number of aromatic amines is 1. The summed E-state index contributed by atoms with van der Waals surface area (Å²) in [7, 11) is 1.93. The van der Waals surface area contributed by atoms with Gasteiger partial charge in [-0.05, 0) is 43.1 Å². The van der Waals surface area contributed by atoms with E-state index in [1.807, 2.05) is 29.1 Å². The Balaban J connectivity index is 1.61. The molecule has 180 valence electrons. The molecule has 5 rings (SSSR count). The molecule has 4 aliphatic heterocycles. The number of amides is 1. The van der Waals surface area contributed by atoms with E-state index in [-0.39, 0.29) is 17.5 Å². The fourth-order valence-electron chi connectivity index (χ4n) is 5.45. The SMILES string of the molecule is CC(=O)N1CCC(N2CC=c3[nH]c(=O)c4c5c(ccc2c3-4)=C(CCNS(=O)O)C=CN5C)CC1. The highest BCUT2D eigenvalue weighted by atomic mass is 32.2. The van der Waals surface area contributed by atoms with Crippen LogP contribution in [0, 0.1) is 0 Å². The molecule has 10 heteroatoms. The topological polar surface area (TPSA) is 109 Å². The van der Waals surface area contributed by atoms with E-state index < -0.39 is 11.3 Å². The molecule has 0 spiro atoms. The van der Waals surface area contributed by atoms with Crippen LogP contribution in [0.1, 0.15) is 26.2 Å². The van der Waals surface area contributed by atoms with Gasteiger partial charge in [0.15, 0.2) is 0 Å². The lowest BCUT2D eigenvalue weighted by Crippen LogP contribution is -2.47. The molecule has 9 nitrogen and oxygen atoms in total. The van der Waals surface area contributed by atoms with E-state index in [1.54, 1.807) is 6.92 Å². The smallest absolute Gasteiger partial charge is 0.258 e. The minimum Gasteiger partial charge on any atom is -0.364 e. The fraction of sp³-hybridized carbons (Fsp3) is 0.417. The molecule has 1 atom stereocenters. The maximum Gasteiger partial charge on any atom is 0.258 e. The predicted octanol–water partition coefficient (Wildman–Crippen LogP) is 0.322. The number of carbonyl (C=O) groups excluding carboxylic acids is 1. The first-order valence-electron chi connectivity index (χ1n) is 11.5. The van der Waals surface area contributed by atoms with Crippen molar-refractivity contribution in [1.82, 2.24) is 14.6 Å². The summed E-state index contributed by atoms with van der Waals surface area (Å²) in [4.78, 5) is 34.3. The number of likely N-dealkylation sites (tertiary alicyclic amines) is 1. The third-order valence-electron chi connectivity index (χ3n) is 7.12. The summed E-state index contributed by atoms with van der Waals surface area (Å²) in [6.07, 6.45) is 8.35. The molecule has 3 N–H and O–H groups in total. The van der Waals surface area contributed by atoms with E-state index >= 15 is 0 Å². The molecule has 0 aromatic heterocycles. The quantitative estimate of drug-likeness (QED) is 0.529. The minimum absolute atomic E-state index is 0.112.